The molecule has 1 unspecified atom stereocenters. The normalized spacial score (nSPS) is 18.1. The van der Waals surface area contributed by atoms with Crippen LogP contribution in [0.3, 0.4) is 0 Å². The summed E-state index contributed by atoms with van der Waals surface area (Å²) >= 11 is 0. The van der Waals surface area contributed by atoms with E-state index in [4.69, 9.17) is 5.73 Å². The van der Waals surface area contributed by atoms with Gasteiger partial charge in [-0.3, -0.25) is 4.79 Å². The average molecular weight is 311 g/mol. The van der Waals surface area contributed by atoms with Crippen LogP contribution in [0, 0.1) is 5.92 Å². The minimum atomic E-state index is -0.269. The summed E-state index contributed by atoms with van der Waals surface area (Å²) in [5, 5.41) is 4.33. The quantitative estimate of drug-likeness (QED) is 0.794. The number of carbonyl (C=O) groups excluding carboxylic acids is 1. The molecule has 23 heavy (non-hydrogen) atoms. The molecule has 4 nitrogen and oxygen atoms in total. The SMILES string of the molecule is CC[C@@H](C)NC(=O)C(/C=C1\CCc2c[nH]c3cccc1c23)CN. The predicted molar refractivity (Wildman–Crippen MR) is 95.0 cm³/mol. The molecule has 0 fully saturated rings. The first-order valence-electron chi connectivity index (χ1n) is 8.44. The molecular formula is C19H25N3O. The Bertz CT molecular complexity index is 744. The summed E-state index contributed by atoms with van der Waals surface area (Å²) in [6.07, 6.45) is 7.05. The van der Waals surface area contributed by atoms with Gasteiger partial charge in [-0.2, -0.15) is 0 Å². The summed E-state index contributed by atoms with van der Waals surface area (Å²) < 4.78 is 0. The number of hydrogen-bond acceptors (Lipinski definition) is 2. The number of amides is 1. The molecule has 1 aliphatic rings. The molecule has 4 heteroatoms. The first-order valence-corrected chi connectivity index (χ1v) is 8.44. The van der Waals surface area contributed by atoms with Gasteiger partial charge in [-0.05, 0) is 49.0 Å². The zero-order valence-corrected chi connectivity index (χ0v) is 13.9. The van der Waals surface area contributed by atoms with Gasteiger partial charge in [0.05, 0.1) is 5.92 Å². The van der Waals surface area contributed by atoms with Crippen LogP contribution in [0.4, 0.5) is 0 Å². The highest BCUT2D eigenvalue weighted by Gasteiger charge is 2.21. The lowest BCUT2D eigenvalue weighted by Gasteiger charge is -2.20. The van der Waals surface area contributed by atoms with Crippen LogP contribution in [0.15, 0.2) is 30.5 Å². The van der Waals surface area contributed by atoms with Crippen LogP contribution >= 0.6 is 0 Å². The lowest BCUT2D eigenvalue weighted by atomic mass is 9.86. The predicted octanol–water partition coefficient (Wildman–Crippen LogP) is 2.99. The van der Waals surface area contributed by atoms with E-state index >= 15 is 0 Å². The molecule has 0 saturated heterocycles. The largest absolute Gasteiger partial charge is 0.361 e. The van der Waals surface area contributed by atoms with Crippen LogP contribution in [0.25, 0.3) is 16.5 Å². The van der Waals surface area contributed by atoms with Gasteiger partial charge in [0, 0.05) is 29.7 Å². The van der Waals surface area contributed by atoms with E-state index in [2.05, 4.69) is 47.7 Å². The molecule has 0 spiro atoms. The first-order chi connectivity index (χ1) is 11.1. The van der Waals surface area contributed by atoms with Crippen molar-refractivity contribution in [1.82, 2.24) is 10.3 Å². The number of rotatable bonds is 5. The fourth-order valence-electron chi connectivity index (χ4n) is 3.24. The van der Waals surface area contributed by atoms with E-state index in [-0.39, 0.29) is 17.9 Å². The van der Waals surface area contributed by atoms with Crippen molar-refractivity contribution in [2.75, 3.05) is 6.54 Å². The van der Waals surface area contributed by atoms with Crippen LogP contribution in [-0.2, 0) is 11.2 Å². The molecule has 1 aromatic heterocycles. The fourth-order valence-corrected chi connectivity index (χ4v) is 3.24. The molecule has 4 N–H and O–H groups in total. The number of nitrogens with one attached hydrogen (secondary N) is 2. The van der Waals surface area contributed by atoms with Crippen molar-refractivity contribution >= 4 is 22.4 Å². The third-order valence-corrected chi connectivity index (χ3v) is 4.79. The van der Waals surface area contributed by atoms with Crippen LogP contribution < -0.4 is 11.1 Å². The molecule has 2 atom stereocenters. The number of aromatic amines is 1. The highest BCUT2D eigenvalue weighted by molar-refractivity contribution is 5.97. The van der Waals surface area contributed by atoms with Gasteiger partial charge in [0.1, 0.15) is 0 Å². The molecule has 122 valence electrons. The van der Waals surface area contributed by atoms with E-state index in [0.717, 1.165) is 24.8 Å². The van der Waals surface area contributed by atoms with Crippen molar-refractivity contribution in [3.8, 4) is 0 Å². The number of benzene rings is 1. The minimum absolute atomic E-state index is 0.0291. The van der Waals surface area contributed by atoms with Crippen LogP contribution in [0.2, 0.25) is 0 Å². The third kappa shape index (κ3) is 3.04. The van der Waals surface area contributed by atoms with Gasteiger partial charge >= 0.3 is 0 Å². The lowest BCUT2D eigenvalue weighted by molar-refractivity contribution is -0.123. The zero-order valence-electron chi connectivity index (χ0n) is 13.9. The Morgan fingerprint density at radius 1 is 1.43 bits per heavy atom. The molecule has 0 saturated carbocycles. The summed E-state index contributed by atoms with van der Waals surface area (Å²) in [4.78, 5) is 15.7. The van der Waals surface area contributed by atoms with Gasteiger partial charge in [0.2, 0.25) is 5.91 Å². The van der Waals surface area contributed by atoms with Gasteiger partial charge in [0.25, 0.3) is 0 Å². The van der Waals surface area contributed by atoms with Crippen LogP contribution in [0.5, 0.6) is 0 Å². The molecule has 1 aromatic carbocycles. The van der Waals surface area contributed by atoms with Crippen LogP contribution in [0.1, 0.15) is 37.8 Å². The Kier molecular flexibility index (Phi) is 4.53. The van der Waals surface area contributed by atoms with Crippen molar-refractivity contribution in [1.29, 1.82) is 0 Å². The van der Waals surface area contributed by atoms with Gasteiger partial charge in [0.15, 0.2) is 0 Å². The molecular weight excluding hydrogens is 286 g/mol. The summed E-state index contributed by atoms with van der Waals surface area (Å²) in [5.41, 5.74) is 10.9. The molecule has 1 aliphatic carbocycles. The van der Waals surface area contributed by atoms with Crippen molar-refractivity contribution in [3.05, 3.63) is 41.6 Å². The number of allylic oxidation sites excluding steroid dienone is 1. The first kappa shape index (κ1) is 15.8. The topological polar surface area (TPSA) is 70.9 Å². The third-order valence-electron chi connectivity index (χ3n) is 4.79. The minimum Gasteiger partial charge on any atom is -0.361 e. The average Bonchev–Trinajstić information content (AvgIpc) is 2.99. The van der Waals surface area contributed by atoms with E-state index < -0.39 is 0 Å². The number of aryl methyl sites for hydroxylation is 1. The Labute approximate surface area is 137 Å². The molecule has 1 heterocycles. The lowest BCUT2D eigenvalue weighted by Crippen LogP contribution is -2.39. The monoisotopic (exact) mass is 311 g/mol. The number of aromatic nitrogens is 1. The smallest absolute Gasteiger partial charge is 0.228 e. The summed E-state index contributed by atoms with van der Waals surface area (Å²) in [6.45, 7) is 4.42. The van der Waals surface area contributed by atoms with Gasteiger partial charge in [-0.1, -0.05) is 25.1 Å². The Hall–Kier alpha value is -2.07. The van der Waals surface area contributed by atoms with E-state index in [1.54, 1.807) is 0 Å². The number of carbonyl (C=O) groups is 1. The van der Waals surface area contributed by atoms with Gasteiger partial charge in [-0.25, -0.2) is 0 Å². The van der Waals surface area contributed by atoms with Crippen molar-refractivity contribution in [3.63, 3.8) is 0 Å². The highest BCUT2D eigenvalue weighted by Crippen LogP contribution is 2.36. The van der Waals surface area contributed by atoms with Crippen molar-refractivity contribution < 1.29 is 4.79 Å². The molecule has 0 bridgehead atoms. The summed E-state index contributed by atoms with van der Waals surface area (Å²) in [7, 11) is 0. The molecule has 1 amide bonds. The maximum atomic E-state index is 12.4. The maximum Gasteiger partial charge on any atom is 0.228 e. The molecule has 0 radical (unpaired) electrons. The van der Waals surface area contributed by atoms with Gasteiger partial charge in [-0.15, -0.1) is 0 Å². The molecule has 2 aromatic rings. The number of hydrogen-bond donors (Lipinski definition) is 3. The van der Waals surface area contributed by atoms with Crippen molar-refractivity contribution in [2.24, 2.45) is 11.7 Å². The summed E-state index contributed by atoms with van der Waals surface area (Å²) in [6, 6.07) is 6.49. The van der Waals surface area contributed by atoms with E-state index in [9.17, 15) is 4.79 Å². The molecule has 3 rings (SSSR count). The highest BCUT2D eigenvalue weighted by atomic mass is 16.1. The number of nitrogens with two attached hydrogens (primary N) is 1. The Morgan fingerprint density at radius 2 is 2.26 bits per heavy atom. The standard InChI is InChI=1S/C19H25N3O/c1-3-12(2)22-19(23)15(10-20)9-13-7-8-14-11-21-17-6-4-5-16(13)18(14)17/h4-6,9,11-12,15,21H,3,7-8,10,20H2,1-2H3,(H,22,23)/b13-9+/t12-,15?/m1/s1. The second-order valence-electron chi connectivity index (χ2n) is 6.39. The second kappa shape index (κ2) is 6.59. The maximum absolute atomic E-state index is 12.4. The van der Waals surface area contributed by atoms with Crippen LogP contribution in [-0.4, -0.2) is 23.5 Å². The van der Waals surface area contributed by atoms with Crippen molar-refractivity contribution in [2.45, 2.75) is 39.2 Å². The summed E-state index contributed by atoms with van der Waals surface area (Å²) in [5.74, 6) is -0.240. The fraction of sp³-hybridized carbons (Fsp3) is 0.421. The second-order valence-corrected chi connectivity index (χ2v) is 6.39. The Morgan fingerprint density at radius 3 is 3.00 bits per heavy atom. The van der Waals surface area contributed by atoms with E-state index in [1.807, 2.05) is 6.92 Å². The molecule has 0 aliphatic heterocycles. The zero-order chi connectivity index (χ0) is 16.4. The van der Waals surface area contributed by atoms with Gasteiger partial charge < -0.3 is 16.0 Å². The van der Waals surface area contributed by atoms with E-state index in [0.29, 0.717) is 6.54 Å². The Balaban J connectivity index is 1.92. The van der Waals surface area contributed by atoms with E-state index in [1.165, 1.54) is 22.1 Å². The number of H-pyrrole nitrogens is 1.